The van der Waals surface area contributed by atoms with Crippen molar-refractivity contribution in [2.45, 2.75) is 26.2 Å². The van der Waals surface area contributed by atoms with Crippen LogP contribution in [0.3, 0.4) is 0 Å². The average molecular weight is 165 g/mol. The number of carboxylic acids is 1. The highest BCUT2D eigenvalue weighted by molar-refractivity contribution is 6.17. The molecule has 0 aromatic rings. The molecule has 0 radical (unpaired) electrons. The van der Waals surface area contributed by atoms with Gasteiger partial charge in [0.15, 0.2) is 0 Å². The fourth-order valence-corrected chi connectivity index (χ4v) is 0.980. The predicted octanol–water partition coefficient (Wildman–Crippen LogP) is 2.12. The van der Waals surface area contributed by atoms with Crippen molar-refractivity contribution in [3.05, 3.63) is 0 Å². The molecular formula is C7H13ClO2. The second-order valence-corrected chi connectivity index (χ2v) is 2.91. The Balaban J connectivity index is 3.25. The third-order valence-electron chi connectivity index (χ3n) is 1.35. The fraction of sp³-hybridized carbons (Fsp3) is 0.857. The number of carbonyl (C=O) groups is 1. The molecule has 0 heterocycles. The number of halogens is 1. The number of aliphatic carboxylic acids is 1. The first-order valence-corrected chi connectivity index (χ1v) is 3.98. The van der Waals surface area contributed by atoms with E-state index in [-0.39, 0.29) is 12.3 Å². The van der Waals surface area contributed by atoms with Crippen LogP contribution in [0, 0.1) is 5.92 Å². The lowest BCUT2D eigenvalue weighted by atomic mass is 10.0. The van der Waals surface area contributed by atoms with E-state index in [1.165, 1.54) is 0 Å². The third kappa shape index (κ3) is 5.89. The van der Waals surface area contributed by atoms with Crippen molar-refractivity contribution in [3.8, 4) is 0 Å². The largest absolute Gasteiger partial charge is 0.481 e. The highest BCUT2D eigenvalue weighted by Gasteiger charge is 2.05. The summed E-state index contributed by atoms with van der Waals surface area (Å²) in [6, 6.07) is 0. The van der Waals surface area contributed by atoms with E-state index in [2.05, 4.69) is 0 Å². The van der Waals surface area contributed by atoms with Crippen molar-refractivity contribution in [2.75, 3.05) is 5.88 Å². The first-order chi connectivity index (χ1) is 4.66. The summed E-state index contributed by atoms with van der Waals surface area (Å²) in [7, 11) is 0. The molecule has 0 aromatic carbocycles. The van der Waals surface area contributed by atoms with Gasteiger partial charge in [0.25, 0.3) is 0 Å². The van der Waals surface area contributed by atoms with Gasteiger partial charge in [0.05, 0.1) is 0 Å². The molecule has 10 heavy (non-hydrogen) atoms. The molecule has 1 N–H and O–H groups in total. The summed E-state index contributed by atoms with van der Waals surface area (Å²) in [4.78, 5) is 10.1. The van der Waals surface area contributed by atoms with Crippen LogP contribution in [0.25, 0.3) is 0 Å². The first kappa shape index (κ1) is 9.76. The second kappa shape index (κ2) is 5.54. The van der Waals surface area contributed by atoms with E-state index in [1.54, 1.807) is 0 Å². The molecule has 0 aliphatic carbocycles. The Kier molecular flexibility index (Phi) is 5.40. The molecule has 3 heteroatoms. The average Bonchev–Trinajstić information content (AvgIpc) is 1.82. The van der Waals surface area contributed by atoms with Gasteiger partial charge in [0, 0.05) is 12.3 Å². The minimum absolute atomic E-state index is 0.260. The molecule has 0 saturated carbocycles. The lowest BCUT2D eigenvalue weighted by Gasteiger charge is -2.05. The van der Waals surface area contributed by atoms with E-state index in [0.717, 1.165) is 12.8 Å². The first-order valence-electron chi connectivity index (χ1n) is 3.44. The van der Waals surface area contributed by atoms with E-state index in [4.69, 9.17) is 16.7 Å². The smallest absolute Gasteiger partial charge is 0.303 e. The predicted molar refractivity (Wildman–Crippen MR) is 41.4 cm³/mol. The molecular weight excluding hydrogens is 152 g/mol. The fourth-order valence-electron chi connectivity index (χ4n) is 0.826. The van der Waals surface area contributed by atoms with Crippen molar-refractivity contribution >= 4 is 17.6 Å². The van der Waals surface area contributed by atoms with Gasteiger partial charge in [0.2, 0.25) is 0 Å². The minimum atomic E-state index is -0.720. The zero-order valence-corrected chi connectivity index (χ0v) is 6.90. The van der Waals surface area contributed by atoms with Crippen LogP contribution < -0.4 is 0 Å². The normalized spacial score (nSPS) is 13.0. The Labute approximate surface area is 66.2 Å². The van der Waals surface area contributed by atoms with Crippen molar-refractivity contribution in [3.63, 3.8) is 0 Å². The summed E-state index contributed by atoms with van der Waals surface area (Å²) in [5.74, 6) is 0.169. The maximum atomic E-state index is 10.1. The Morgan fingerprint density at radius 3 is 2.70 bits per heavy atom. The third-order valence-corrected chi connectivity index (χ3v) is 1.62. The highest BCUT2D eigenvalue weighted by atomic mass is 35.5. The lowest BCUT2D eigenvalue weighted by molar-refractivity contribution is -0.138. The quantitative estimate of drug-likeness (QED) is 0.632. The zero-order chi connectivity index (χ0) is 7.98. The second-order valence-electron chi connectivity index (χ2n) is 2.53. The van der Waals surface area contributed by atoms with Crippen LogP contribution in [-0.4, -0.2) is 17.0 Å². The number of hydrogen-bond donors (Lipinski definition) is 1. The van der Waals surface area contributed by atoms with Crippen LogP contribution in [0.5, 0.6) is 0 Å². The van der Waals surface area contributed by atoms with Gasteiger partial charge in [-0.2, -0.15) is 0 Å². The molecule has 0 rings (SSSR count). The Morgan fingerprint density at radius 2 is 2.30 bits per heavy atom. The van der Waals surface area contributed by atoms with E-state index >= 15 is 0 Å². The van der Waals surface area contributed by atoms with E-state index < -0.39 is 5.97 Å². The summed E-state index contributed by atoms with van der Waals surface area (Å²) in [5, 5.41) is 8.35. The summed E-state index contributed by atoms with van der Waals surface area (Å²) in [5.41, 5.74) is 0. The molecule has 0 aliphatic rings. The number of carboxylic acid groups (broad SMARTS) is 1. The monoisotopic (exact) mass is 164 g/mol. The molecule has 0 bridgehead atoms. The van der Waals surface area contributed by atoms with Crippen molar-refractivity contribution in [1.82, 2.24) is 0 Å². The summed E-state index contributed by atoms with van der Waals surface area (Å²) in [6.07, 6.45) is 2.09. The van der Waals surface area contributed by atoms with Crippen LogP contribution >= 0.6 is 11.6 Å². The van der Waals surface area contributed by atoms with E-state index in [9.17, 15) is 4.79 Å². The molecule has 1 atom stereocenters. The molecule has 0 aliphatic heterocycles. The highest BCUT2D eigenvalue weighted by Crippen LogP contribution is 2.09. The van der Waals surface area contributed by atoms with Gasteiger partial charge < -0.3 is 5.11 Å². The van der Waals surface area contributed by atoms with Gasteiger partial charge in [-0.3, -0.25) is 4.79 Å². The Hall–Kier alpha value is -0.240. The molecule has 60 valence electrons. The maximum absolute atomic E-state index is 10.1. The Bertz CT molecular complexity index is 104. The SMILES string of the molecule is CC(CCCCl)CC(=O)O. The number of rotatable bonds is 5. The molecule has 2 nitrogen and oxygen atoms in total. The molecule has 0 fully saturated rings. The standard InChI is InChI=1S/C7H13ClO2/c1-6(3-2-4-8)5-7(9)10/h6H,2-5H2,1H3,(H,9,10). The van der Waals surface area contributed by atoms with Gasteiger partial charge in [-0.1, -0.05) is 6.92 Å². The summed E-state index contributed by atoms with van der Waals surface area (Å²) in [6.45, 7) is 1.93. The zero-order valence-electron chi connectivity index (χ0n) is 6.14. The van der Waals surface area contributed by atoms with Gasteiger partial charge in [-0.25, -0.2) is 0 Å². The molecule has 1 unspecified atom stereocenters. The van der Waals surface area contributed by atoms with Crippen molar-refractivity contribution < 1.29 is 9.90 Å². The maximum Gasteiger partial charge on any atom is 0.303 e. The van der Waals surface area contributed by atoms with Crippen LogP contribution in [0.4, 0.5) is 0 Å². The summed E-state index contributed by atoms with van der Waals surface area (Å²) < 4.78 is 0. The van der Waals surface area contributed by atoms with Gasteiger partial charge in [-0.15, -0.1) is 11.6 Å². The molecule has 0 spiro atoms. The molecule has 0 aromatic heterocycles. The molecule has 0 amide bonds. The topological polar surface area (TPSA) is 37.3 Å². The van der Waals surface area contributed by atoms with Crippen molar-refractivity contribution in [1.29, 1.82) is 0 Å². The van der Waals surface area contributed by atoms with Crippen LogP contribution in [0.15, 0.2) is 0 Å². The van der Waals surface area contributed by atoms with Crippen LogP contribution in [0.1, 0.15) is 26.2 Å². The van der Waals surface area contributed by atoms with Gasteiger partial charge in [-0.05, 0) is 18.8 Å². The van der Waals surface area contributed by atoms with E-state index in [0.29, 0.717) is 5.88 Å². The Morgan fingerprint density at radius 1 is 1.70 bits per heavy atom. The minimum Gasteiger partial charge on any atom is -0.481 e. The molecule has 0 saturated heterocycles. The lowest BCUT2D eigenvalue weighted by Crippen LogP contribution is -2.03. The number of alkyl halides is 1. The van der Waals surface area contributed by atoms with Gasteiger partial charge in [0.1, 0.15) is 0 Å². The number of hydrogen-bond acceptors (Lipinski definition) is 1. The van der Waals surface area contributed by atoms with Crippen LogP contribution in [-0.2, 0) is 4.79 Å². The summed E-state index contributed by atoms with van der Waals surface area (Å²) >= 11 is 5.43. The van der Waals surface area contributed by atoms with E-state index in [1.807, 2.05) is 6.92 Å². The van der Waals surface area contributed by atoms with Crippen LogP contribution in [0.2, 0.25) is 0 Å². The van der Waals surface area contributed by atoms with Crippen molar-refractivity contribution in [2.24, 2.45) is 5.92 Å². The van der Waals surface area contributed by atoms with Gasteiger partial charge >= 0.3 is 5.97 Å².